The fourth-order valence-electron chi connectivity index (χ4n) is 2.88. The number of rotatable bonds is 4. The molecule has 0 fully saturated rings. The Labute approximate surface area is 171 Å². The largest absolute Gasteiger partial charge is 0.322 e. The van der Waals surface area contributed by atoms with E-state index in [1.165, 1.54) is 24.4 Å². The number of anilines is 1. The van der Waals surface area contributed by atoms with Gasteiger partial charge < -0.3 is 5.32 Å². The maximum Gasteiger partial charge on any atom is 0.259 e. The zero-order valence-corrected chi connectivity index (χ0v) is 15.9. The Morgan fingerprint density at radius 3 is 2.37 bits per heavy atom. The van der Waals surface area contributed by atoms with Crippen LogP contribution in [0.25, 0.3) is 22.6 Å². The summed E-state index contributed by atoms with van der Waals surface area (Å²) in [5.41, 5.74) is 2.68. The number of aryl methyl sites for hydroxylation is 1. The molecule has 2 aromatic heterocycles. The van der Waals surface area contributed by atoms with E-state index in [0.717, 1.165) is 0 Å². The summed E-state index contributed by atoms with van der Waals surface area (Å²) in [7, 11) is 0. The van der Waals surface area contributed by atoms with Gasteiger partial charge >= 0.3 is 0 Å². The standard InChI is InChI=1S/C23H16F2N4O/c1-14-2-7-18(12-20(14)25)28-23(30)19-13-27-22(16-3-5-17(24)6-4-16)29-21(19)15-8-10-26-11-9-15/h2-13H,1H3,(H,28,30). The van der Waals surface area contributed by atoms with E-state index >= 15 is 0 Å². The van der Waals surface area contributed by atoms with Gasteiger partial charge in [0, 0.05) is 35.4 Å². The molecular weight excluding hydrogens is 386 g/mol. The molecule has 2 heterocycles. The average Bonchev–Trinajstić information content (AvgIpc) is 2.77. The van der Waals surface area contributed by atoms with Crippen LogP contribution in [0.4, 0.5) is 14.5 Å². The summed E-state index contributed by atoms with van der Waals surface area (Å²) in [6.45, 7) is 1.64. The Hall–Kier alpha value is -4.00. The molecule has 2 aromatic carbocycles. The lowest BCUT2D eigenvalue weighted by molar-refractivity contribution is 0.102. The molecule has 0 saturated heterocycles. The highest BCUT2D eigenvalue weighted by Crippen LogP contribution is 2.25. The molecule has 7 heteroatoms. The van der Waals surface area contributed by atoms with Crippen LogP contribution in [0.15, 0.2) is 73.2 Å². The second-order valence-electron chi connectivity index (χ2n) is 6.62. The third kappa shape index (κ3) is 4.05. The molecule has 4 rings (SSSR count). The monoisotopic (exact) mass is 402 g/mol. The third-order valence-electron chi connectivity index (χ3n) is 4.52. The minimum Gasteiger partial charge on any atom is -0.322 e. The molecule has 0 aliphatic carbocycles. The van der Waals surface area contributed by atoms with Gasteiger partial charge in [0.25, 0.3) is 5.91 Å². The third-order valence-corrected chi connectivity index (χ3v) is 4.52. The summed E-state index contributed by atoms with van der Waals surface area (Å²) in [5.74, 6) is -0.907. The average molecular weight is 402 g/mol. The van der Waals surface area contributed by atoms with Crippen molar-refractivity contribution in [1.82, 2.24) is 15.0 Å². The van der Waals surface area contributed by atoms with Crippen LogP contribution < -0.4 is 5.32 Å². The van der Waals surface area contributed by atoms with E-state index in [2.05, 4.69) is 20.3 Å². The zero-order chi connectivity index (χ0) is 21.1. The molecule has 0 unspecified atom stereocenters. The van der Waals surface area contributed by atoms with Gasteiger partial charge in [-0.25, -0.2) is 18.7 Å². The van der Waals surface area contributed by atoms with Gasteiger partial charge in [-0.3, -0.25) is 9.78 Å². The predicted molar refractivity (Wildman–Crippen MR) is 110 cm³/mol. The lowest BCUT2D eigenvalue weighted by Crippen LogP contribution is -2.15. The van der Waals surface area contributed by atoms with Crippen LogP contribution >= 0.6 is 0 Å². The van der Waals surface area contributed by atoms with E-state index in [1.54, 1.807) is 55.7 Å². The first-order valence-electron chi connectivity index (χ1n) is 9.12. The normalized spacial score (nSPS) is 10.6. The number of hydrogen-bond acceptors (Lipinski definition) is 4. The molecule has 148 valence electrons. The summed E-state index contributed by atoms with van der Waals surface area (Å²) in [6, 6.07) is 13.7. The Morgan fingerprint density at radius 2 is 1.67 bits per heavy atom. The molecule has 30 heavy (non-hydrogen) atoms. The van der Waals surface area contributed by atoms with Gasteiger partial charge in [0.2, 0.25) is 0 Å². The highest BCUT2D eigenvalue weighted by molar-refractivity contribution is 6.08. The van der Waals surface area contributed by atoms with Crippen molar-refractivity contribution in [1.29, 1.82) is 0 Å². The molecule has 0 atom stereocenters. The van der Waals surface area contributed by atoms with E-state index < -0.39 is 11.7 Å². The van der Waals surface area contributed by atoms with Crippen molar-refractivity contribution in [3.8, 4) is 22.6 Å². The smallest absolute Gasteiger partial charge is 0.259 e. The molecule has 0 aliphatic heterocycles. The Balaban J connectivity index is 1.75. The Morgan fingerprint density at radius 1 is 0.933 bits per heavy atom. The van der Waals surface area contributed by atoms with E-state index in [-0.39, 0.29) is 11.4 Å². The quantitative estimate of drug-likeness (QED) is 0.519. The highest BCUT2D eigenvalue weighted by Gasteiger charge is 2.18. The van der Waals surface area contributed by atoms with Gasteiger partial charge in [-0.1, -0.05) is 6.07 Å². The summed E-state index contributed by atoms with van der Waals surface area (Å²) in [4.78, 5) is 25.7. The first-order chi connectivity index (χ1) is 14.5. The molecule has 1 N–H and O–H groups in total. The number of hydrogen-bond donors (Lipinski definition) is 1. The number of nitrogens with one attached hydrogen (secondary N) is 1. The fourth-order valence-corrected chi connectivity index (χ4v) is 2.88. The van der Waals surface area contributed by atoms with Crippen LogP contribution in [0, 0.1) is 18.6 Å². The van der Waals surface area contributed by atoms with Gasteiger partial charge in [0.15, 0.2) is 5.82 Å². The first kappa shape index (κ1) is 19.3. The topological polar surface area (TPSA) is 67.8 Å². The predicted octanol–water partition coefficient (Wildman–Crippen LogP) is 5.04. The van der Waals surface area contributed by atoms with Gasteiger partial charge in [-0.15, -0.1) is 0 Å². The lowest BCUT2D eigenvalue weighted by Gasteiger charge is -2.11. The molecule has 5 nitrogen and oxygen atoms in total. The van der Waals surface area contributed by atoms with E-state index in [1.807, 2.05) is 0 Å². The second kappa shape index (κ2) is 8.16. The van der Waals surface area contributed by atoms with Crippen LogP contribution in [0.1, 0.15) is 15.9 Å². The maximum atomic E-state index is 13.8. The number of aromatic nitrogens is 3. The summed E-state index contributed by atoms with van der Waals surface area (Å²) in [5, 5.41) is 2.68. The van der Waals surface area contributed by atoms with Crippen molar-refractivity contribution < 1.29 is 13.6 Å². The summed E-state index contributed by atoms with van der Waals surface area (Å²) < 4.78 is 27.1. The number of halogens is 2. The highest BCUT2D eigenvalue weighted by atomic mass is 19.1. The van der Waals surface area contributed by atoms with Crippen molar-refractivity contribution in [2.45, 2.75) is 6.92 Å². The summed E-state index contributed by atoms with van der Waals surface area (Å²) in [6.07, 6.45) is 4.58. The van der Waals surface area contributed by atoms with Crippen molar-refractivity contribution in [2.75, 3.05) is 5.32 Å². The van der Waals surface area contributed by atoms with Crippen LogP contribution in [-0.4, -0.2) is 20.9 Å². The molecular formula is C23H16F2N4O. The number of carbonyl (C=O) groups excluding carboxylic acids is 1. The van der Waals surface area contributed by atoms with E-state index in [0.29, 0.717) is 33.9 Å². The lowest BCUT2D eigenvalue weighted by atomic mass is 10.1. The molecule has 0 spiro atoms. The minimum atomic E-state index is -0.476. The fraction of sp³-hybridized carbons (Fsp3) is 0.0435. The van der Waals surface area contributed by atoms with E-state index in [4.69, 9.17) is 0 Å². The Bertz CT molecular complexity index is 1210. The second-order valence-corrected chi connectivity index (χ2v) is 6.62. The number of pyridine rings is 1. The van der Waals surface area contributed by atoms with Gasteiger partial charge in [-0.05, 0) is 61.0 Å². The molecule has 0 radical (unpaired) electrons. The van der Waals surface area contributed by atoms with Crippen LogP contribution in [0.5, 0.6) is 0 Å². The maximum absolute atomic E-state index is 13.8. The van der Waals surface area contributed by atoms with Crippen molar-refractivity contribution in [3.63, 3.8) is 0 Å². The zero-order valence-electron chi connectivity index (χ0n) is 15.9. The van der Waals surface area contributed by atoms with Gasteiger partial charge in [0.05, 0.1) is 11.3 Å². The number of amides is 1. The number of benzene rings is 2. The number of carbonyl (C=O) groups is 1. The molecule has 0 saturated carbocycles. The van der Waals surface area contributed by atoms with Crippen LogP contribution in [0.2, 0.25) is 0 Å². The number of nitrogens with zero attached hydrogens (tertiary/aromatic N) is 3. The molecule has 0 aliphatic rings. The molecule has 1 amide bonds. The first-order valence-corrected chi connectivity index (χ1v) is 9.12. The van der Waals surface area contributed by atoms with E-state index in [9.17, 15) is 13.6 Å². The Kier molecular flexibility index (Phi) is 5.26. The van der Waals surface area contributed by atoms with Gasteiger partial charge in [0.1, 0.15) is 11.6 Å². The SMILES string of the molecule is Cc1ccc(NC(=O)c2cnc(-c3ccc(F)cc3)nc2-c2ccncc2)cc1F. The van der Waals surface area contributed by atoms with Crippen molar-refractivity contribution in [3.05, 3.63) is 95.9 Å². The van der Waals surface area contributed by atoms with Crippen LogP contribution in [-0.2, 0) is 0 Å². The molecule has 0 bridgehead atoms. The van der Waals surface area contributed by atoms with Crippen molar-refractivity contribution >= 4 is 11.6 Å². The van der Waals surface area contributed by atoms with Gasteiger partial charge in [-0.2, -0.15) is 0 Å². The summed E-state index contributed by atoms with van der Waals surface area (Å²) >= 11 is 0. The van der Waals surface area contributed by atoms with Crippen LogP contribution in [0.3, 0.4) is 0 Å². The minimum absolute atomic E-state index is 0.216. The molecule has 4 aromatic rings. The van der Waals surface area contributed by atoms with Crippen molar-refractivity contribution in [2.24, 2.45) is 0 Å².